The first-order chi connectivity index (χ1) is 7.31. The molecule has 15 heavy (non-hydrogen) atoms. The summed E-state index contributed by atoms with van der Waals surface area (Å²) in [7, 11) is 0. The molecule has 5 heteroatoms. The molecular formula is C10H13N5. The van der Waals surface area contributed by atoms with E-state index < -0.39 is 0 Å². The van der Waals surface area contributed by atoms with Gasteiger partial charge in [-0.05, 0) is 18.6 Å². The van der Waals surface area contributed by atoms with Crippen LogP contribution in [0.25, 0.3) is 11.3 Å². The highest BCUT2D eigenvalue weighted by atomic mass is 15.4. The number of nitrogens with zero attached hydrogens (tertiary/aromatic N) is 4. The van der Waals surface area contributed by atoms with Crippen molar-refractivity contribution in [3.8, 4) is 11.3 Å². The first kappa shape index (κ1) is 9.64. The molecule has 0 spiro atoms. The van der Waals surface area contributed by atoms with E-state index in [9.17, 15) is 0 Å². The molecule has 2 heterocycles. The smallest absolute Gasteiger partial charge is 0.132 e. The topological polar surface area (TPSA) is 69.6 Å². The van der Waals surface area contributed by atoms with E-state index in [1.807, 2.05) is 23.0 Å². The molecular weight excluding hydrogens is 190 g/mol. The van der Waals surface area contributed by atoms with Gasteiger partial charge < -0.3 is 5.73 Å². The molecule has 0 fully saturated rings. The van der Waals surface area contributed by atoms with Crippen LogP contribution in [0.1, 0.15) is 13.3 Å². The van der Waals surface area contributed by atoms with E-state index in [1.54, 1.807) is 6.20 Å². The van der Waals surface area contributed by atoms with Gasteiger partial charge in [-0.25, -0.2) is 4.98 Å². The van der Waals surface area contributed by atoms with Gasteiger partial charge in [-0.3, -0.25) is 4.68 Å². The second-order valence-electron chi connectivity index (χ2n) is 3.30. The third kappa shape index (κ3) is 1.96. The Morgan fingerprint density at radius 2 is 2.33 bits per heavy atom. The Morgan fingerprint density at radius 3 is 3.07 bits per heavy atom. The average molecular weight is 203 g/mol. The van der Waals surface area contributed by atoms with Gasteiger partial charge in [0.05, 0.1) is 6.20 Å². The van der Waals surface area contributed by atoms with E-state index in [0.29, 0.717) is 5.82 Å². The van der Waals surface area contributed by atoms with Crippen LogP contribution in [0.15, 0.2) is 24.5 Å². The summed E-state index contributed by atoms with van der Waals surface area (Å²) >= 11 is 0. The van der Waals surface area contributed by atoms with E-state index in [4.69, 9.17) is 5.73 Å². The number of pyridine rings is 1. The number of hydrogen-bond donors (Lipinski definition) is 1. The quantitative estimate of drug-likeness (QED) is 0.817. The number of aromatic nitrogens is 4. The van der Waals surface area contributed by atoms with Gasteiger partial charge in [0.1, 0.15) is 11.5 Å². The fraction of sp³-hybridized carbons (Fsp3) is 0.300. The molecule has 0 amide bonds. The van der Waals surface area contributed by atoms with Gasteiger partial charge in [-0.1, -0.05) is 12.1 Å². The minimum Gasteiger partial charge on any atom is -0.383 e. The van der Waals surface area contributed by atoms with Crippen LogP contribution in [-0.4, -0.2) is 20.0 Å². The Hall–Kier alpha value is -1.91. The SMILES string of the molecule is CCCn1cc(-c2cccnc2N)nn1. The molecule has 0 aliphatic heterocycles. The molecule has 2 aromatic rings. The van der Waals surface area contributed by atoms with E-state index >= 15 is 0 Å². The molecule has 0 bridgehead atoms. The predicted octanol–water partition coefficient (Wildman–Crippen LogP) is 1.33. The molecule has 0 radical (unpaired) electrons. The first-order valence-electron chi connectivity index (χ1n) is 4.92. The zero-order valence-corrected chi connectivity index (χ0v) is 8.59. The number of hydrogen-bond acceptors (Lipinski definition) is 4. The summed E-state index contributed by atoms with van der Waals surface area (Å²) in [6, 6.07) is 3.73. The van der Waals surface area contributed by atoms with Gasteiger partial charge in [0.2, 0.25) is 0 Å². The lowest BCUT2D eigenvalue weighted by molar-refractivity contribution is 0.579. The third-order valence-corrected chi connectivity index (χ3v) is 2.11. The molecule has 0 saturated carbocycles. The highest BCUT2D eigenvalue weighted by Gasteiger charge is 2.06. The number of rotatable bonds is 3. The van der Waals surface area contributed by atoms with Crippen molar-refractivity contribution in [2.24, 2.45) is 0 Å². The molecule has 2 N–H and O–H groups in total. The molecule has 0 aliphatic rings. The Balaban J connectivity index is 2.33. The van der Waals surface area contributed by atoms with Crippen molar-refractivity contribution in [1.29, 1.82) is 0 Å². The van der Waals surface area contributed by atoms with Gasteiger partial charge >= 0.3 is 0 Å². The van der Waals surface area contributed by atoms with Crippen molar-refractivity contribution in [3.05, 3.63) is 24.5 Å². The molecule has 2 rings (SSSR count). The summed E-state index contributed by atoms with van der Waals surface area (Å²) < 4.78 is 1.81. The van der Waals surface area contributed by atoms with E-state index in [1.165, 1.54) is 0 Å². The van der Waals surface area contributed by atoms with Crippen LogP contribution in [0.5, 0.6) is 0 Å². The van der Waals surface area contributed by atoms with Gasteiger partial charge in [0.15, 0.2) is 0 Å². The van der Waals surface area contributed by atoms with Crippen molar-refractivity contribution in [1.82, 2.24) is 20.0 Å². The molecule has 0 saturated heterocycles. The monoisotopic (exact) mass is 203 g/mol. The number of anilines is 1. The van der Waals surface area contributed by atoms with E-state index in [-0.39, 0.29) is 0 Å². The third-order valence-electron chi connectivity index (χ3n) is 2.11. The highest BCUT2D eigenvalue weighted by Crippen LogP contribution is 2.20. The summed E-state index contributed by atoms with van der Waals surface area (Å²) in [6.07, 6.45) is 4.58. The Morgan fingerprint density at radius 1 is 1.47 bits per heavy atom. The Bertz CT molecular complexity index is 449. The second kappa shape index (κ2) is 4.08. The Kier molecular flexibility index (Phi) is 2.62. The molecule has 5 nitrogen and oxygen atoms in total. The van der Waals surface area contributed by atoms with E-state index in [2.05, 4.69) is 22.2 Å². The van der Waals surface area contributed by atoms with Gasteiger partial charge in [-0.15, -0.1) is 5.10 Å². The molecule has 2 aromatic heterocycles. The number of nitrogens with two attached hydrogens (primary N) is 1. The normalized spacial score (nSPS) is 10.5. The van der Waals surface area contributed by atoms with Gasteiger partial charge in [0.25, 0.3) is 0 Å². The molecule has 78 valence electrons. The summed E-state index contributed by atoms with van der Waals surface area (Å²) in [5.74, 6) is 0.487. The van der Waals surface area contributed by atoms with Crippen LogP contribution in [-0.2, 0) is 6.54 Å². The maximum Gasteiger partial charge on any atom is 0.132 e. The van der Waals surface area contributed by atoms with Crippen LogP contribution >= 0.6 is 0 Å². The fourth-order valence-electron chi connectivity index (χ4n) is 1.39. The lowest BCUT2D eigenvalue weighted by Crippen LogP contribution is -1.96. The van der Waals surface area contributed by atoms with Crippen LogP contribution < -0.4 is 5.73 Å². The number of aryl methyl sites for hydroxylation is 1. The maximum atomic E-state index is 5.75. The van der Waals surface area contributed by atoms with Gasteiger partial charge in [-0.2, -0.15) is 0 Å². The second-order valence-corrected chi connectivity index (χ2v) is 3.30. The van der Waals surface area contributed by atoms with Crippen LogP contribution in [0.3, 0.4) is 0 Å². The minimum absolute atomic E-state index is 0.487. The largest absolute Gasteiger partial charge is 0.383 e. The van der Waals surface area contributed by atoms with Crippen LogP contribution in [0.2, 0.25) is 0 Å². The molecule has 0 atom stereocenters. The Labute approximate surface area is 87.9 Å². The van der Waals surface area contributed by atoms with Crippen molar-refractivity contribution >= 4 is 5.82 Å². The summed E-state index contributed by atoms with van der Waals surface area (Å²) in [6.45, 7) is 2.97. The zero-order valence-electron chi connectivity index (χ0n) is 8.59. The fourth-order valence-corrected chi connectivity index (χ4v) is 1.39. The summed E-state index contributed by atoms with van der Waals surface area (Å²) in [5.41, 5.74) is 7.35. The number of nitrogen functional groups attached to an aromatic ring is 1. The maximum absolute atomic E-state index is 5.75. The molecule has 0 aromatic carbocycles. The van der Waals surface area contributed by atoms with Crippen molar-refractivity contribution in [3.63, 3.8) is 0 Å². The minimum atomic E-state index is 0.487. The summed E-state index contributed by atoms with van der Waals surface area (Å²) in [5, 5.41) is 8.07. The van der Waals surface area contributed by atoms with Crippen LogP contribution in [0, 0.1) is 0 Å². The lowest BCUT2D eigenvalue weighted by atomic mass is 10.2. The molecule has 0 aliphatic carbocycles. The predicted molar refractivity (Wildman–Crippen MR) is 58.0 cm³/mol. The lowest BCUT2D eigenvalue weighted by Gasteiger charge is -1.98. The van der Waals surface area contributed by atoms with Crippen molar-refractivity contribution in [2.45, 2.75) is 19.9 Å². The van der Waals surface area contributed by atoms with Crippen molar-refractivity contribution < 1.29 is 0 Å². The first-order valence-corrected chi connectivity index (χ1v) is 4.92. The average Bonchev–Trinajstić information content (AvgIpc) is 2.68. The van der Waals surface area contributed by atoms with Gasteiger partial charge in [0, 0.05) is 18.3 Å². The zero-order chi connectivity index (χ0) is 10.7. The standard InChI is InChI=1S/C10H13N5/c1-2-6-15-7-9(13-14-15)8-4-3-5-12-10(8)11/h3-5,7H,2,6H2,1H3,(H2,11,12). The summed E-state index contributed by atoms with van der Waals surface area (Å²) in [4.78, 5) is 4.01. The molecule has 0 unspecified atom stereocenters. The van der Waals surface area contributed by atoms with Crippen LogP contribution in [0.4, 0.5) is 5.82 Å². The van der Waals surface area contributed by atoms with E-state index in [0.717, 1.165) is 24.2 Å². The highest BCUT2D eigenvalue weighted by molar-refractivity contribution is 5.69. The van der Waals surface area contributed by atoms with Crippen molar-refractivity contribution in [2.75, 3.05) is 5.73 Å².